The summed E-state index contributed by atoms with van der Waals surface area (Å²) in [7, 11) is 1.93. The summed E-state index contributed by atoms with van der Waals surface area (Å²) in [6.45, 7) is 0.849. The number of hydrogen-bond acceptors (Lipinski definition) is 5. The largest absolute Gasteiger partial charge is 0.454 e. The van der Waals surface area contributed by atoms with E-state index >= 15 is 0 Å². The molecule has 3 heterocycles. The van der Waals surface area contributed by atoms with Crippen molar-refractivity contribution in [1.29, 1.82) is 0 Å². The predicted octanol–water partition coefficient (Wildman–Crippen LogP) is 1.34. The molecular formula is C17H19N3O4. The van der Waals surface area contributed by atoms with Crippen LogP contribution in [0.2, 0.25) is 0 Å². The highest BCUT2D eigenvalue weighted by atomic mass is 16.7. The van der Waals surface area contributed by atoms with Crippen molar-refractivity contribution < 1.29 is 19.0 Å². The Bertz CT molecular complexity index is 758. The minimum absolute atomic E-state index is 0.0384. The van der Waals surface area contributed by atoms with Crippen LogP contribution in [0.1, 0.15) is 23.9 Å². The number of nitrogens with one attached hydrogen (secondary N) is 1. The lowest BCUT2D eigenvalue weighted by Crippen LogP contribution is -2.38. The first-order valence-corrected chi connectivity index (χ1v) is 7.97. The predicted molar refractivity (Wildman–Crippen MR) is 84.7 cm³/mol. The number of nitrogens with zero attached hydrogens (tertiary/aromatic N) is 2. The summed E-state index contributed by atoms with van der Waals surface area (Å²) in [6.07, 6.45) is 4.49. The second-order valence-corrected chi connectivity index (χ2v) is 6.01. The van der Waals surface area contributed by atoms with Crippen LogP contribution in [-0.4, -0.2) is 34.9 Å². The molecule has 0 aliphatic carbocycles. The lowest BCUT2D eigenvalue weighted by atomic mass is 10.1. The number of ether oxygens (including phenoxy) is 3. The van der Waals surface area contributed by atoms with Gasteiger partial charge in [0.25, 0.3) is 0 Å². The Labute approximate surface area is 139 Å². The smallest absolute Gasteiger partial charge is 0.231 e. The fourth-order valence-corrected chi connectivity index (χ4v) is 3.14. The molecule has 7 heteroatoms. The fraction of sp³-hybridized carbons (Fsp3) is 0.412. The van der Waals surface area contributed by atoms with Gasteiger partial charge in [-0.2, -0.15) is 0 Å². The van der Waals surface area contributed by atoms with Crippen LogP contribution in [0.25, 0.3) is 0 Å². The molecule has 1 N–H and O–H groups in total. The lowest BCUT2D eigenvalue weighted by molar-refractivity contribution is -0.121. The summed E-state index contributed by atoms with van der Waals surface area (Å²) < 4.78 is 18.3. The normalized spacial score (nSPS) is 21.9. The van der Waals surface area contributed by atoms with E-state index in [4.69, 9.17) is 14.2 Å². The van der Waals surface area contributed by atoms with Gasteiger partial charge in [-0.3, -0.25) is 4.79 Å². The van der Waals surface area contributed by atoms with E-state index in [2.05, 4.69) is 10.3 Å². The lowest BCUT2D eigenvalue weighted by Gasteiger charge is -2.19. The highest BCUT2D eigenvalue weighted by molar-refractivity contribution is 5.79. The van der Waals surface area contributed by atoms with Crippen molar-refractivity contribution in [3.8, 4) is 11.5 Å². The van der Waals surface area contributed by atoms with E-state index in [0.29, 0.717) is 18.8 Å². The van der Waals surface area contributed by atoms with E-state index in [1.54, 1.807) is 6.20 Å². The van der Waals surface area contributed by atoms with Gasteiger partial charge in [-0.1, -0.05) is 6.07 Å². The van der Waals surface area contributed by atoms with Crippen LogP contribution in [0, 0.1) is 0 Å². The Morgan fingerprint density at radius 3 is 3.08 bits per heavy atom. The molecule has 4 rings (SSSR count). The summed E-state index contributed by atoms with van der Waals surface area (Å²) >= 11 is 0. The molecule has 126 valence electrons. The Morgan fingerprint density at radius 1 is 1.38 bits per heavy atom. The summed E-state index contributed by atoms with van der Waals surface area (Å²) in [5, 5.41) is 3.07. The van der Waals surface area contributed by atoms with Crippen LogP contribution in [-0.2, 0) is 23.0 Å². The quantitative estimate of drug-likeness (QED) is 0.916. The van der Waals surface area contributed by atoms with Gasteiger partial charge in [0.1, 0.15) is 11.9 Å². The van der Waals surface area contributed by atoms with Crippen LogP contribution < -0.4 is 14.8 Å². The summed E-state index contributed by atoms with van der Waals surface area (Å²) in [5.41, 5.74) is 0.893. The number of fused-ring (bicyclic) bond motifs is 1. The van der Waals surface area contributed by atoms with Gasteiger partial charge in [-0.15, -0.1) is 0 Å². The van der Waals surface area contributed by atoms with Crippen molar-refractivity contribution in [2.24, 2.45) is 7.05 Å². The Hall–Kier alpha value is -2.54. The maximum Gasteiger partial charge on any atom is 0.231 e. The topological polar surface area (TPSA) is 74.6 Å². The molecular weight excluding hydrogens is 310 g/mol. The molecule has 0 saturated carbocycles. The maximum absolute atomic E-state index is 12.4. The van der Waals surface area contributed by atoms with Gasteiger partial charge in [0.05, 0.1) is 12.5 Å². The van der Waals surface area contributed by atoms with E-state index in [0.717, 1.165) is 23.6 Å². The van der Waals surface area contributed by atoms with E-state index in [1.807, 2.05) is 36.0 Å². The summed E-state index contributed by atoms with van der Waals surface area (Å²) in [5.74, 6) is 2.21. The molecule has 0 spiro atoms. The van der Waals surface area contributed by atoms with Crippen molar-refractivity contribution in [3.63, 3.8) is 0 Å². The number of imidazole rings is 1. The number of aryl methyl sites for hydroxylation is 1. The van der Waals surface area contributed by atoms with E-state index in [1.165, 1.54) is 0 Å². The molecule has 2 aliphatic rings. The highest BCUT2D eigenvalue weighted by Crippen LogP contribution is 2.33. The molecule has 1 aromatic heterocycles. The van der Waals surface area contributed by atoms with Crippen molar-refractivity contribution in [2.75, 3.05) is 13.4 Å². The first-order chi connectivity index (χ1) is 11.7. The first-order valence-electron chi connectivity index (χ1n) is 7.97. The minimum Gasteiger partial charge on any atom is -0.454 e. The van der Waals surface area contributed by atoms with E-state index in [9.17, 15) is 4.79 Å². The van der Waals surface area contributed by atoms with Gasteiger partial charge in [-0.25, -0.2) is 4.98 Å². The Morgan fingerprint density at radius 2 is 2.25 bits per heavy atom. The second kappa shape index (κ2) is 6.16. The van der Waals surface area contributed by atoms with Crippen LogP contribution in [0.4, 0.5) is 0 Å². The zero-order valence-electron chi connectivity index (χ0n) is 13.4. The first kappa shape index (κ1) is 15.0. The summed E-state index contributed by atoms with van der Waals surface area (Å²) in [4.78, 5) is 16.7. The molecule has 2 atom stereocenters. The number of rotatable bonds is 4. The average Bonchev–Trinajstić information content (AvgIpc) is 3.27. The fourth-order valence-electron chi connectivity index (χ4n) is 3.14. The highest BCUT2D eigenvalue weighted by Gasteiger charge is 2.33. The second-order valence-electron chi connectivity index (χ2n) is 6.01. The van der Waals surface area contributed by atoms with Crippen LogP contribution in [0.15, 0.2) is 30.6 Å². The maximum atomic E-state index is 12.4. The third-order valence-corrected chi connectivity index (χ3v) is 4.35. The number of carbonyl (C=O) groups excluding carboxylic acids is 1. The van der Waals surface area contributed by atoms with Crippen molar-refractivity contribution in [3.05, 3.63) is 42.0 Å². The summed E-state index contributed by atoms with van der Waals surface area (Å²) in [6, 6.07) is 5.51. The standard InChI is InChI=1S/C17H19N3O4/c1-20-6-5-18-17(20)16-12(4-7-22-16)19-15(21)9-11-2-3-13-14(8-11)24-10-23-13/h2-3,5-6,8,12,16H,4,7,9-10H2,1H3,(H,19,21)/t12-,16-/m0/s1. The molecule has 1 aromatic carbocycles. The van der Waals surface area contributed by atoms with Crippen LogP contribution in [0.3, 0.4) is 0 Å². The van der Waals surface area contributed by atoms with Crippen molar-refractivity contribution >= 4 is 5.91 Å². The Kier molecular flexibility index (Phi) is 3.86. The molecule has 1 saturated heterocycles. The molecule has 2 aromatic rings. The Balaban J connectivity index is 1.41. The van der Waals surface area contributed by atoms with E-state index in [-0.39, 0.29) is 24.8 Å². The number of carbonyl (C=O) groups is 1. The molecule has 24 heavy (non-hydrogen) atoms. The number of hydrogen-bond donors (Lipinski definition) is 1. The number of amides is 1. The zero-order chi connectivity index (χ0) is 16.5. The van der Waals surface area contributed by atoms with Crippen LogP contribution in [0.5, 0.6) is 11.5 Å². The monoisotopic (exact) mass is 329 g/mol. The van der Waals surface area contributed by atoms with Gasteiger partial charge in [-0.05, 0) is 24.1 Å². The SMILES string of the molecule is Cn1ccnc1[C@H]1OCC[C@@H]1NC(=O)Cc1ccc2c(c1)OCO2. The van der Waals surface area contributed by atoms with Crippen LogP contribution >= 0.6 is 0 Å². The molecule has 0 unspecified atom stereocenters. The average molecular weight is 329 g/mol. The van der Waals surface area contributed by atoms with Gasteiger partial charge >= 0.3 is 0 Å². The van der Waals surface area contributed by atoms with E-state index < -0.39 is 0 Å². The van der Waals surface area contributed by atoms with Gasteiger partial charge < -0.3 is 24.1 Å². The van der Waals surface area contributed by atoms with Gasteiger partial charge in [0.15, 0.2) is 11.5 Å². The molecule has 0 radical (unpaired) electrons. The van der Waals surface area contributed by atoms with Gasteiger partial charge in [0, 0.05) is 26.0 Å². The zero-order valence-corrected chi connectivity index (χ0v) is 13.4. The molecule has 1 fully saturated rings. The van der Waals surface area contributed by atoms with Crippen molar-refractivity contribution in [1.82, 2.24) is 14.9 Å². The molecule has 1 amide bonds. The third kappa shape index (κ3) is 2.82. The van der Waals surface area contributed by atoms with Crippen molar-refractivity contribution in [2.45, 2.75) is 25.0 Å². The molecule has 7 nitrogen and oxygen atoms in total. The van der Waals surface area contributed by atoms with Gasteiger partial charge in [0.2, 0.25) is 12.7 Å². The number of aromatic nitrogens is 2. The number of benzene rings is 1. The molecule has 0 bridgehead atoms. The minimum atomic E-state index is -0.203. The third-order valence-electron chi connectivity index (χ3n) is 4.35. The molecule has 2 aliphatic heterocycles.